The van der Waals surface area contributed by atoms with Gasteiger partial charge in [0, 0.05) is 24.5 Å². The molecule has 1 unspecified atom stereocenters. The summed E-state index contributed by atoms with van der Waals surface area (Å²) in [5, 5.41) is 9.21. The Morgan fingerprint density at radius 1 is 1.25 bits per heavy atom. The number of pyridine rings is 2. The lowest BCUT2D eigenvalue weighted by molar-refractivity contribution is -0.143. The molecule has 0 bridgehead atoms. The second-order valence-electron chi connectivity index (χ2n) is 6.45. The van der Waals surface area contributed by atoms with Crippen molar-refractivity contribution < 1.29 is 9.90 Å². The van der Waals surface area contributed by atoms with Crippen LogP contribution in [0.4, 0.5) is 0 Å². The number of nitrogens with zero attached hydrogens (tertiary/aromatic N) is 3. The predicted octanol–water partition coefficient (Wildman–Crippen LogP) is 2.87. The van der Waals surface area contributed by atoms with Gasteiger partial charge in [0.15, 0.2) is 0 Å². The number of hydrogen-bond donors (Lipinski definition) is 1. The maximum Gasteiger partial charge on any atom is 0.306 e. The van der Waals surface area contributed by atoms with Crippen molar-refractivity contribution in [2.75, 3.05) is 13.1 Å². The third kappa shape index (κ3) is 3.97. The van der Waals surface area contributed by atoms with Crippen LogP contribution in [0.5, 0.6) is 0 Å². The summed E-state index contributed by atoms with van der Waals surface area (Å²) in [5.41, 5.74) is 3.20. The summed E-state index contributed by atoms with van der Waals surface area (Å²) in [6.45, 7) is 3.59. The molecule has 3 rings (SSSR count). The number of hydrogen-bond acceptors (Lipinski definition) is 4. The number of aromatic nitrogens is 2. The molecule has 3 heterocycles. The van der Waals surface area contributed by atoms with E-state index in [1.54, 1.807) is 0 Å². The third-order valence-electron chi connectivity index (χ3n) is 4.72. The Kier molecular flexibility index (Phi) is 5.20. The smallest absolute Gasteiger partial charge is 0.306 e. The molecule has 1 fully saturated rings. The number of carboxylic acids is 1. The quantitative estimate of drug-likeness (QED) is 0.915. The molecule has 2 aromatic rings. The molecule has 126 valence electrons. The molecular formula is C19H23N3O2. The fourth-order valence-corrected chi connectivity index (χ4v) is 3.27. The average molecular weight is 325 g/mol. The van der Waals surface area contributed by atoms with Gasteiger partial charge in [-0.2, -0.15) is 0 Å². The van der Waals surface area contributed by atoms with Crippen LogP contribution in [-0.4, -0.2) is 39.0 Å². The SMILES string of the molecule is Cc1ccc(C(Cc2ccccn2)N2CCC(C(=O)O)CC2)nc1. The molecule has 0 spiro atoms. The lowest BCUT2D eigenvalue weighted by atomic mass is 9.94. The van der Waals surface area contributed by atoms with E-state index in [0.29, 0.717) is 12.8 Å². The van der Waals surface area contributed by atoms with Gasteiger partial charge in [0.25, 0.3) is 0 Å². The summed E-state index contributed by atoms with van der Waals surface area (Å²) in [6.07, 6.45) is 5.88. The fraction of sp³-hybridized carbons (Fsp3) is 0.421. The average Bonchev–Trinajstić information content (AvgIpc) is 2.62. The van der Waals surface area contributed by atoms with Gasteiger partial charge < -0.3 is 5.11 Å². The predicted molar refractivity (Wildman–Crippen MR) is 91.6 cm³/mol. The Bertz CT molecular complexity index is 665. The van der Waals surface area contributed by atoms with E-state index < -0.39 is 5.97 Å². The van der Waals surface area contributed by atoms with E-state index in [1.165, 1.54) is 0 Å². The van der Waals surface area contributed by atoms with E-state index >= 15 is 0 Å². The highest BCUT2D eigenvalue weighted by Crippen LogP contribution is 2.28. The van der Waals surface area contributed by atoms with E-state index in [-0.39, 0.29) is 12.0 Å². The molecule has 1 saturated heterocycles. The first-order valence-corrected chi connectivity index (χ1v) is 8.43. The largest absolute Gasteiger partial charge is 0.481 e. The van der Waals surface area contributed by atoms with Crippen LogP contribution in [0.2, 0.25) is 0 Å². The minimum Gasteiger partial charge on any atom is -0.481 e. The zero-order chi connectivity index (χ0) is 16.9. The molecule has 1 aliphatic heterocycles. The Labute approximate surface area is 142 Å². The first-order chi connectivity index (χ1) is 11.6. The highest BCUT2D eigenvalue weighted by atomic mass is 16.4. The highest BCUT2D eigenvalue weighted by molar-refractivity contribution is 5.70. The molecule has 24 heavy (non-hydrogen) atoms. The Morgan fingerprint density at radius 3 is 2.62 bits per heavy atom. The first-order valence-electron chi connectivity index (χ1n) is 8.43. The van der Waals surface area contributed by atoms with Crippen LogP contribution in [-0.2, 0) is 11.2 Å². The Morgan fingerprint density at radius 2 is 2.04 bits per heavy atom. The van der Waals surface area contributed by atoms with Crippen LogP contribution in [0.3, 0.4) is 0 Å². The molecule has 0 saturated carbocycles. The molecule has 0 aliphatic carbocycles. The lowest BCUT2D eigenvalue weighted by Crippen LogP contribution is -2.39. The van der Waals surface area contributed by atoms with Crippen molar-refractivity contribution in [3.8, 4) is 0 Å². The standard InChI is InChI=1S/C19H23N3O2/c1-14-5-6-17(21-13-14)18(12-16-4-2-3-9-20-16)22-10-7-15(8-11-22)19(23)24/h2-6,9,13,15,18H,7-8,10-12H2,1H3,(H,23,24). The number of rotatable bonds is 5. The number of carbonyl (C=O) groups is 1. The van der Waals surface area contributed by atoms with Crippen molar-refractivity contribution in [3.05, 3.63) is 59.7 Å². The van der Waals surface area contributed by atoms with E-state index in [0.717, 1.165) is 36.5 Å². The van der Waals surface area contributed by atoms with Crippen LogP contribution in [0.25, 0.3) is 0 Å². The molecule has 0 aromatic carbocycles. The molecule has 2 aromatic heterocycles. The summed E-state index contributed by atoms with van der Waals surface area (Å²) in [5.74, 6) is -0.896. The molecule has 5 heteroatoms. The van der Waals surface area contributed by atoms with Crippen LogP contribution < -0.4 is 0 Å². The molecule has 0 amide bonds. The molecule has 1 N–H and O–H groups in total. The summed E-state index contributed by atoms with van der Waals surface area (Å²) >= 11 is 0. The number of piperidine rings is 1. The summed E-state index contributed by atoms with van der Waals surface area (Å²) < 4.78 is 0. The third-order valence-corrected chi connectivity index (χ3v) is 4.72. The summed E-state index contributed by atoms with van der Waals surface area (Å²) in [6, 6.07) is 10.2. The number of aryl methyl sites for hydroxylation is 1. The van der Waals surface area contributed by atoms with Crippen molar-refractivity contribution >= 4 is 5.97 Å². The van der Waals surface area contributed by atoms with Gasteiger partial charge in [0.2, 0.25) is 0 Å². The van der Waals surface area contributed by atoms with Gasteiger partial charge in [-0.25, -0.2) is 0 Å². The van der Waals surface area contributed by atoms with Gasteiger partial charge in [0.05, 0.1) is 17.7 Å². The normalized spacial score (nSPS) is 17.5. The van der Waals surface area contributed by atoms with Gasteiger partial charge in [-0.1, -0.05) is 12.1 Å². The van der Waals surface area contributed by atoms with Gasteiger partial charge in [-0.15, -0.1) is 0 Å². The fourth-order valence-electron chi connectivity index (χ4n) is 3.27. The minimum atomic E-state index is -0.676. The van der Waals surface area contributed by atoms with Crippen molar-refractivity contribution in [1.29, 1.82) is 0 Å². The minimum absolute atomic E-state index is 0.134. The molecule has 1 atom stereocenters. The topological polar surface area (TPSA) is 66.3 Å². The molecule has 1 aliphatic rings. The molecule has 5 nitrogen and oxygen atoms in total. The van der Waals surface area contributed by atoms with Gasteiger partial charge >= 0.3 is 5.97 Å². The summed E-state index contributed by atoms with van der Waals surface area (Å²) in [4.78, 5) is 22.6. The Balaban J connectivity index is 1.79. The van der Waals surface area contributed by atoms with Crippen LogP contribution in [0.1, 0.15) is 35.8 Å². The molecule has 0 radical (unpaired) electrons. The van der Waals surface area contributed by atoms with Crippen molar-refractivity contribution in [3.63, 3.8) is 0 Å². The van der Waals surface area contributed by atoms with Crippen LogP contribution in [0, 0.1) is 12.8 Å². The second kappa shape index (κ2) is 7.53. The Hall–Kier alpha value is -2.27. The lowest BCUT2D eigenvalue weighted by Gasteiger charge is -2.36. The number of carboxylic acid groups (broad SMARTS) is 1. The van der Waals surface area contributed by atoms with Crippen molar-refractivity contribution in [2.24, 2.45) is 5.92 Å². The van der Waals surface area contributed by atoms with E-state index in [4.69, 9.17) is 0 Å². The van der Waals surface area contributed by atoms with Crippen LogP contribution in [0.15, 0.2) is 42.7 Å². The number of aliphatic carboxylic acids is 1. The zero-order valence-electron chi connectivity index (χ0n) is 13.9. The van der Waals surface area contributed by atoms with Crippen LogP contribution >= 0.6 is 0 Å². The zero-order valence-corrected chi connectivity index (χ0v) is 13.9. The highest BCUT2D eigenvalue weighted by Gasteiger charge is 2.30. The van der Waals surface area contributed by atoms with E-state index in [1.807, 2.05) is 37.5 Å². The van der Waals surface area contributed by atoms with Gasteiger partial charge in [0.1, 0.15) is 0 Å². The summed E-state index contributed by atoms with van der Waals surface area (Å²) in [7, 11) is 0. The maximum atomic E-state index is 11.2. The van der Waals surface area contributed by atoms with E-state index in [2.05, 4.69) is 27.0 Å². The number of likely N-dealkylation sites (tertiary alicyclic amines) is 1. The first kappa shape index (κ1) is 16.6. The monoisotopic (exact) mass is 325 g/mol. The van der Waals surface area contributed by atoms with Gasteiger partial charge in [-0.05, 0) is 56.6 Å². The van der Waals surface area contributed by atoms with Gasteiger partial charge in [-0.3, -0.25) is 19.7 Å². The second-order valence-corrected chi connectivity index (χ2v) is 6.45. The molecular weight excluding hydrogens is 302 g/mol. The maximum absolute atomic E-state index is 11.2. The van der Waals surface area contributed by atoms with Crippen molar-refractivity contribution in [1.82, 2.24) is 14.9 Å². The van der Waals surface area contributed by atoms with Crippen molar-refractivity contribution in [2.45, 2.75) is 32.2 Å². The van der Waals surface area contributed by atoms with E-state index in [9.17, 15) is 9.90 Å².